The van der Waals surface area contributed by atoms with E-state index < -0.39 is 18.2 Å². The molecule has 0 atom stereocenters. The molecule has 1 aliphatic rings. The molecule has 2 aromatic carbocycles. The summed E-state index contributed by atoms with van der Waals surface area (Å²) in [5.74, 6) is 0.105. The largest absolute Gasteiger partial charge is 0.586 e. The minimum atomic E-state index is -4.62. The molecule has 10 heteroatoms. The van der Waals surface area contributed by atoms with Crippen molar-refractivity contribution in [2.45, 2.75) is 58.8 Å². The van der Waals surface area contributed by atoms with Gasteiger partial charge in [0, 0.05) is 25.2 Å². The smallest absolute Gasteiger partial charge is 0.395 e. The number of ether oxygens (including phenoxy) is 2. The molecule has 4 rings (SSSR count). The van der Waals surface area contributed by atoms with Gasteiger partial charge < -0.3 is 14.0 Å². The number of rotatable bonds is 9. The van der Waals surface area contributed by atoms with E-state index >= 15 is 0 Å². The number of hydrogen-bond acceptors (Lipinski definition) is 4. The molecule has 0 spiro atoms. The first kappa shape index (κ1) is 25.0. The van der Waals surface area contributed by atoms with E-state index in [1.807, 2.05) is 13.8 Å². The van der Waals surface area contributed by atoms with Gasteiger partial charge in [0.1, 0.15) is 5.82 Å². The van der Waals surface area contributed by atoms with E-state index in [2.05, 4.69) is 14.5 Å². The van der Waals surface area contributed by atoms with Gasteiger partial charge in [0.15, 0.2) is 17.2 Å². The lowest BCUT2D eigenvalue weighted by atomic mass is 10.1. The number of aromatic nitrogens is 2. The normalized spacial score (nSPS) is 14.6. The van der Waals surface area contributed by atoms with Crippen molar-refractivity contribution < 1.29 is 31.4 Å². The molecule has 1 aromatic heterocycles. The van der Waals surface area contributed by atoms with Gasteiger partial charge in [0.25, 0.3) is 0 Å². The third-order valence-corrected chi connectivity index (χ3v) is 5.80. The highest BCUT2D eigenvalue weighted by Gasteiger charge is 2.43. The standard InChI is InChI=1S/C25H26F5N3O2/c1-3-5-13-33-19(22(24(26,27)28)31-23(33)18-9-7-6-8-10-18)16-32(4-2)15-17-11-12-20-21(14-17)35-25(29,30)34-20/h6-12,14H,3-5,13,15-16H2,1-2H3. The van der Waals surface area contributed by atoms with Crippen LogP contribution in [0.1, 0.15) is 43.6 Å². The average Bonchev–Trinajstić information content (AvgIpc) is 3.33. The summed E-state index contributed by atoms with van der Waals surface area (Å²) in [4.78, 5) is 5.86. The van der Waals surface area contributed by atoms with Crippen molar-refractivity contribution in [2.24, 2.45) is 0 Å². The van der Waals surface area contributed by atoms with Crippen LogP contribution in [0.25, 0.3) is 11.4 Å². The first-order chi connectivity index (χ1) is 16.6. The number of fused-ring (bicyclic) bond motifs is 1. The van der Waals surface area contributed by atoms with Gasteiger partial charge in [-0.15, -0.1) is 8.78 Å². The maximum atomic E-state index is 14.1. The van der Waals surface area contributed by atoms with Crippen LogP contribution >= 0.6 is 0 Å². The molecule has 0 fully saturated rings. The molecule has 35 heavy (non-hydrogen) atoms. The Bertz CT molecular complexity index is 1160. The molecular formula is C25H26F5N3O2. The van der Waals surface area contributed by atoms with Crippen LogP contribution in [0.5, 0.6) is 11.5 Å². The predicted octanol–water partition coefficient (Wildman–Crippen LogP) is 6.71. The van der Waals surface area contributed by atoms with Crippen molar-refractivity contribution in [2.75, 3.05) is 6.54 Å². The lowest BCUT2D eigenvalue weighted by Gasteiger charge is -2.23. The number of alkyl halides is 5. The van der Waals surface area contributed by atoms with Crippen LogP contribution in [-0.4, -0.2) is 27.3 Å². The van der Waals surface area contributed by atoms with Crippen LogP contribution in [0, 0.1) is 0 Å². The maximum Gasteiger partial charge on any atom is 0.586 e. The SMILES string of the molecule is CCCCn1c(-c2ccccc2)nc(C(F)(F)F)c1CN(CC)Cc1ccc2c(c1)OC(F)(F)O2. The molecular weight excluding hydrogens is 469 g/mol. The van der Waals surface area contributed by atoms with Crippen molar-refractivity contribution in [3.8, 4) is 22.9 Å². The van der Waals surface area contributed by atoms with Crippen LogP contribution in [0.3, 0.4) is 0 Å². The predicted molar refractivity (Wildman–Crippen MR) is 120 cm³/mol. The van der Waals surface area contributed by atoms with Crippen molar-refractivity contribution >= 4 is 0 Å². The summed E-state index contributed by atoms with van der Waals surface area (Å²) in [6, 6.07) is 13.2. The monoisotopic (exact) mass is 495 g/mol. The zero-order valence-corrected chi connectivity index (χ0v) is 19.4. The molecule has 5 nitrogen and oxygen atoms in total. The van der Waals surface area contributed by atoms with E-state index in [4.69, 9.17) is 0 Å². The molecule has 188 valence electrons. The third-order valence-electron chi connectivity index (χ3n) is 5.80. The second kappa shape index (κ2) is 9.85. The molecule has 0 aliphatic carbocycles. The van der Waals surface area contributed by atoms with E-state index in [0.717, 1.165) is 6.42 Å². The van der Waals surface area contributed by atoms with Gasteiger partial charge in [0.05, 0.1) is 5.69 Å². The van der Waals surface area contributed by atoms with Crippen LogP contribution in [-0.2, 0) is 25.8 Å². The van der Waals surface area contributed by atoms with Crippen LogP contribution in [0.2, 0.25) is 0 Å². The molecule has 0 amide bonds. The van der Waals surface area contributed by atoms with Gasteiger partial charge in [-0.05, 0) is 30.7 Å². The number of nitrogens with zero attached hydrogens (tertiary/aromatic N) is 3. The third kappa shape index (κ3) is 5.58. The van der Waals surface area contributed by atoms with Crippen molar-refractivity contribution in [1.82, 2.24) is 14.5 Å². The molecule has 0 unspecified atom stereocenters. The Hall–Kier alpha value is -3.14. The Kier molecular flexibility index (Phi) is 7.02. The maximum absolute atomic E-state index is 14.1. The molecule has 0 saturated heterocycles. The Labute approximate surface area is 200 Å². The summed E-state index contributed by atoms with van der Waals surface area (Å²) in [7, 11) is 0. The van der Waals surface area contributed by atoms with Crippen LogP contribution in [0.15, 0.2) is 48.5 Å². The van der Waals surface area contributed by atoms with E-state index in [1.54, 1.807) is 45.9 Å². The van der Waals surface area contributed by atoms with Gasteiger partial charge in [-0.3, -0.25) is 4.90 Å². The van der Waals surface area contributed by atoms with Crippen molar-refractivity contribution in [3.63, 3.8) is 0 Å². The van der Waals surface area contributed by atoms with E-state index in [9.17, 15) is 22.0 Å². The Morgan fingerprint density at radius 3 is 2.34 bits per heavy atom. The fourth-order valence-corrected chi connectivity index (χ4v) is 4.08. The van der Waals surface area contributed by atoms with Crippen LogP contribution < -0.4 is 9.47 Å². The second-order valence-corrected chi connectivity index (χ2v) is 8.35. The minimum Gasteiger partial charge on any atom is -0.395 e. The summed E-state index contributed by atoms with van der Waals surface area (Å²) in [6.07, 6.45) is -6.85. The lowest BCUT2D eigenvalue weighted by Crippen LogP contribution is -2.26. The van der Waals surface area contributed by atoms with Gasteiger partial charge in [-0.2, -0.15) is 13.2 Å². The first-order valence-corrected chi connectivity index (χ1v) is 11.4. The summed E-state index contributed by atoms with van der Waals surface area (Å²) >= 11 is 0. The Balaban J connectivity index is 1.68. The number of halogens is 5. The van der Waals surface area contributed by atoms with E-state index in [-0.39, 0.29) is 36.1 Å². The molecule has 0 radical (unpaired) electrons. The highest BCUT2D eigenvalue weighted by atomic mass is 19.4. The topological polar surface area (TPSA) is 39.5 Å². The van der Waals surface area contributed by atoms with Gasteiger partial charge in [-0.1, -0.05) is 56.7 Å². The Morgan fingerprint density at radius 2 is 1.69 bits per heavy atom. The highest BCUT2D eigenvalue weighted by molar-refractivity contribution is 5.57. The molecule has 3 aromatic rings. The zero-order valence-electron chi connectivity index (χ0n) is 19.4. The summed E-state index contributed by atoms with van der Waals surface area (Å²) < 4.78 is 79.6. The summed E-state index contributed by atoms with van der Waals surface area (Å²) in [5, 5.41) is 0. The number of imidazole rings is 1. The first-order valence-electron chi connectivity index (χ1n) is 11.4. The number of unbranched alkanes of at least 4 members (excludes halogenated alkanes) is 1. The quantitative estimate of drug-likeness (QED) is 0.309. The molecule has 0 saturated carbocycles. The second-order valence-electron chi connectivity index (χ2n) is 8.35. The van der Waals surface area contributed by atoms with Crippen molar-refractivity contribution in [1.29, 1.82) is 0 Å². The van der Waals surface area contributed by atoms with Gasteiger partial charge in [0.2, 0.25) is 0 Å². The fourth-order valence-electron chi connectivity index (χ4n) is 4.08. The molecule has 2 heterocycles. The molecule has 0 N–H and O–H groups in total. The Morgan fingerprint density at radius 1 is 0.971 bits per heavy atom. The number of benzene rings is 2. The van der Waals surface area contributed by atoms with Crippen molar-refractivity contribution in [3.05, 3.63) is 65.5 Å². The van der Waals surface area contributed by atoms with E-state index in [1.165, 1.54) is 12.1 Å². The molecule has 1 aliphatic heterocycles. The zero-order chi connectivity index (χ0) is 25.2. The molecule has 0 bridgehead atoms. The summed E-state index contributed by atoms with van der Waals surface area (Å²) in [6.45, 7) is 4.86. The van der Waals surface area contributed by atoms with Gasteiger partial charge in [-0.25, -0.2) is 4.98 Å². The van der Waals surface area contributed by atoms with Crippen LogP contribution in [0.4, 0.5) is 22.0 Å². The minimum absolute atomic E-state index is 0.0144. The van der Waals surface area contributed by atoms with Gasteiger partial charge >= 0.3 is 12.5 Å². The highest BCUT2D eigenvalue weighted by Crippen LogP contribution is 2.41. The summed E-state index contributed by atoms with van der Waals surface area (Å²) in [5.41, 5.74) is 0.402. The number of hydrogen-bond donors (Lipinski definition) is 0. The lowest BCUT2D eigenvalue weighted by molar-refractivity contribution is -0.286. The average molecular weight is 495 g/mol. The van der Waals surface area contributed by atoms with E-state index in [0.29, 0.717) is 30.6 Å². The fraction of sp³-hybridized carbons (Fsp3) is 0.400.